The molecule has 2 heterocycles. The van der Waals surface area contributed by atoms with Crippen molar-refractivity contribution in [1.82, 2.24) is 19.6 Å². The van der Waals surface area contributed by atoms with E-state index < -0.39 is 0 Å². The SMILES string of the molecule is Cc1ccccc1-c1c(Cl)nc2nc(C3CC3)nn2c1Cl. The van der Waals surface area contributed by atoms with Gasteiger partial charge in [0.25, 0.3) is 5.78 Å². The van der Waals surface area contributed by atoms with Crippen molar-refractivity contribution in [2.45, 2.75) is 25.7 Å². The minimum atomic E-state index is 0.358. The van der Waals surface area contributed by atoms with Gasteiger partial charge in [-0.3, -0.25) is 0 Å². The molecule has 4 nitrogen and oxygen atoms in total. The summed E-state index contributed by atoms with van der Waals surface area (Å²) in [7, 11) is 0. The molecule has 0 radical (unpaired) electrons. The van der Waals surface area contributed by atoms with E-state index in [1.165, 1.54) is 0 Å². The van der Waals surface area contributed by atoms with E-state index >= 15 is 0 Å². The summed E-state index contributed by atoms with van der Waals surface area (Å²) in [5, 5.41) is 5.30. The molecule has 0 amide bonds. The average Bonchev–Trinajstić information content (AvgIpc) is 3.22. The zero-order valence-electron chi connectivity index (χ0n) is 11.3. The van der Waals surface area contributed by atoms with Crippen molar-refractivity contribution in [2.75, 3.05) is 0 Å². The highest BCUT2D eigenvalue weighted by molar-refractivity contribution is 6.38. The number of hydrogen-bond acceptors (Lipinski definition) is 3. The Morgan fingerprint density at radius 3 is 2.62 bits per heavy atom. The highest BCUT2D eigenvalue weighted by Gasteiger charge is 2.29. The van der Waals surface area contributed by atoms with Crippen LogP contribution in [0.1, 0.15) is 30.1 Å². The minimum Gasteiger partial charge on any atom is -0.198 e. The second kappa shape index (κ2) is 4.68. The maximum atomic E-state index is 6.53. The molecule has 1 fully saturated rings. The van der Waals surface area contributed by atoms with Gasteiger partial charge in [-0.2, -0.15) is 14.5 Å². The molecule has 0 N–H and O–H groups in total. The first kappa shape index (κ1) is 13.0. The van der Waals surface area contributed by atoms with Gasteiger partial charge in [-0.15, -0.1) is 5.10 Å². The average molecular weight is 319 g/mol. The Balaban J connectivity index is 1.99. The van der Waals surface area contributed by atoms with Crippen LogP contribution in [0.4, 0.5) is 0 Å². The first-order chi connectivity index (χ1) is 10.1. The molecule has 1 aromatic carbocycles. The lowest BCUT2D eigenvalue weighted by Gasteiger charge is -2.10. The Kier molecular flexibility index (Phi) is 2.91. The fourth-order valence-electron chi connectivity index (χ4n) is 2.45. The van der Waals surface area contributed by atoms with Crippen molar-refractivity contribution in [1.29, 1.82) is 0 Å². The lowest BCUT2D eigenvalue weighted by atomic mass is 10.0. The van der Waals surface area contributed by atoms with Crippen LogP contribution in [0.2, 0.25) is 10.3 Å². The van der Waals surface area contributed by atoms with Crippen LogP contribution < -0.4 is 0 Å². The summed E-state index contributed by atoms with van der Waals surface area (Å²) in [4.78, 5) is 8.78. The number of fused-ring (bicyclic) bond motifs is 1. The van der Waals surface area contributed by atoms with Crippen molar-refractivity contribution in [3.8, 4) is 11.1 Å². The molecule has 6 heteroatoms. The highest BCUT2D eigenvalue weighted by atomic mass is 35.5. The van der Waals surface area contributed by atoms with Crippen LogP contribution in [0, 0.1) is 6.92 Å². The van der Waals surface area contributed by atoms with Gasteiger partial charge in [0.15, 0.2) is 5.82 Å². The fraction of sp³-hybridized carbons (Fsp3) is 0.267. The summed E-state index contributed by atoms with van der Waals surface area (Å²) in [6.07, 6.45) is 2.26. The predicted octanol–water partition coefficient (Wildman–Crippen LogP) is 4.28. The van der Waals surface area contributed by atoms with Crippen molar-refractivity contribution in [3.05, 3.63) is 46.0 Å². The van der Waals surface area contributed by atoms with Crippen LogP contribution in [0.5, 0.6) is 0 Å². The molecule has 1 aliphatic carbocycles. The molecule has 0 saturated heterocycles. The standard InChI is InChI=1S/C15H12Cl2N4/c1-8-4-2-3-5-10(8)11-12(16)18-15-19-14(9-6-7-9)20-21(15)13(11)17/h2-5,9H,6-7H2,1H3. The Hall–Kier alpha value is -1.65. The molecule has 4 rings (SSSR count). The molecule has 0 spiro atoms. The second-order valence-corrected chi connectivity index (χ2v) is 6.06. The van der Waals surface area contributed by atoms with Gasteiger partial charge in [-0.05, 0) is 30.9 Å². The van der Waals surface area contributed by atoms with E-state index in [0.717, 1.165) is 29.8 Å². The number of benzene rings is 1. The number of rotatable bonds is 2. The summed E-state index contributed by atoms with van der Waals surface area (Å²) in [5.41, 5.74) is 2.76. The molecule has 0 atom stereocenters. The van der Waals surface area contributed by atoms with E-state index in [0.29, 0.717) is 27.6 Å². The summed E-state index contributed by atoms with van der Waals surface area (Å²) < 4.78 is 1.59. The van der Waals surface area contributed by atoms with Crippen molar-refractivity contribution < 1.29 is 0 Å². The predicted molar refractivity (Wildman–Crippen MR) is 83.0 cm³/mol. The first-order valence-electron chi connectivity index (χ1n) is 6.83. The Bertz CT molecular complexity index is 852. The molecule has 0 unspecified atom stereocenters. The van der Waals surface area contributed by atoms with Gasteiger partial charge in [0.1, 0.15) is 10.3 Å². The largest absolute Gasteiger partial charge is 0.255 e. The third kappa shape index (κ3) is 2.10. The third-order valence-electron chi connectivity index (χ3n) is 3.76. The minimum absolute atomic E-state index is 0.358. The third-order valence-corrected chi connectivity index (χ3v) is 4.38. The van der Waals surface area contributed by atoms with E-state index in [9.17, 15) is 0 Å². The monoisotopic (exact) mass is 318 g/mol. The lowest BCUT2D eigenvalue weighted by molar-refractivity contribution is 0.874. The van der Waals surface area contributed by atoms with Gasteiger partial charge in [0, 0.05) is 5.92 Å². The normalized spacial score (nSPS) is 14.8. The van der Waals surface area contributed by atoms with Crippen LogP contribution in [0.25, 0.3) is 16.9 Å². The van der Waals surface area contributed by atoms with E-state index in [1.54, 1.807) is 4.52 Å². The summed E-state index contributed by atoms with van der Waals surface area (Å²) in [6, 6.07) is 7.93. The van der Waals surface area contributed by atoms with Gasteiger partial charge in [0.2, 0.25) is 0 Å². The topological polar surface area (TPSA) is 43.1 Å². The van der Waals surface area contributed by atoms with Crippen LogP contribution in [0.15, 0.2) is 24.3 Å². The maximum Gasteiger partial charge on any atom is 0.255 e. The van der Waals surface area contributed by atoms with Gasteiger partial charge >= 0.3 is 0 Å². The molecule has 1 saturated carbocycles. The number of hydrogen-bond donors (Lipinski definition) is 0. The van der Waals surface area contributed by atoms with Crippen LogP contribution >= 0.6 is 23.2 Å². The first-order valence-corrected chi connectivity index (χ1v) is 7.58. The molecular formula is C15H12Cl2N4. The van der Waals surface area contributed by atoms with Crippen molar-refractivity contribution >= 4 is 29.0 Å². The molecule has 0 bridgehead atoms. The molecule has 106 valence electrons. The Morgan fingerprint density at radius 1 is 1.14 bits per heavy atom. The second-order valence-electron chi connectivity index (χ2n) is 5.34. The Labute approximate surface area is 131 Å². The molecule has 2 aromatic heterocycles. The summed E-state index contributed by atoms with van der Waals surface area (Å²) in [5.74, 6) is 1.72. The molecular weight excluding hydrogens is 307 g/mol. The smallest absolute Gasteiger partial charge is 0.198 e. The molecule has 0 aliphatic heterocycles. The van der Waals surface area contributed by atoms with E-state index in [4.69, 9.17) is 23.2 Å². The molecule has 21 heavy (non-hydrogen) atoms. The van der Waals surface area contributed by atoms with Gasteiger partial charge in [-0.1, -0.05) is 47.5 Å². The summed E-state index contributed by atoms with van der Waals surface area (Å²) >= 11 is 12.9. The van der Waals surface area contributed by atoms with Crippen molar-refractivity contribution in [3.63, 3.8) is 0 Å². The van der Waals surface area contributed by atoms with Crippen LogP contribution in [-0.2, 0) is 0 Å². The molecule has 1 aliphatic rings. The number of aryl methyl sites for hydroxylation is 1. The highest BCUT2D eigenvalue weighted by Crippen LogP contribution is 2.40. The van der Waals surface area contributed by atoms with E-state index in [2.05, 4.69) is 15.1 Å². The number of nitrogens with zero attached hydrogens (tertiary/aromatic N) is 4. The quantitative estimate of drug-likeness (QED) is 0.662. The summed E-state index contributed by atoms with van der Waals surface area (Å²) in [6.45, 7) is 2.02. The maximum absolute atomic E-state index is 6.53. The fourth-order valence-corrected chi connectivity index (χ4v) is 3.07. The van der Waals surface area contributed by atoms with Gasteiger partial charge in [0.05, 0.1) is 5.56 Å². The Morgan fingerprint density at radius 2 is 1.90 bits per heavy atom. The van der Waals surface area contributed by atoms with Crippen LogP contribution in [-0.4, -0.2) is 19.6 Å². The zero-order valence-corrected chi connectivity index (χ0v) is 12.9. The number of halogens is 2. The van der Waals surface area contributed by atoms with Gasteiger partial charge < -0.3 is 0 Å². The zero-order chi connectivity index (χ0) is 14.6. The van der Waals surface area contributed by atoms with E-state index in [-0.39, 0.29) is 0 Å². The van der Waals surface area contributed by atoms with Crippen molar-refractivity contribution in [2.24, 2.45) is 0 Å². The van der Waals surface area contributed by atoms with Crippen LogP contribution in [0.3, 0.4) is 0 Å². The molecule has 3 aromatic rings. The van der Waals surface area contributed by atoms with Gasteiger partial charge in [-0.25, -0.2) is 0 Å². The number of aromatic nitrogens is 4. The lowest BCUT2D eigenvalue weighted by Crippen LogP contribution is -1.98. The van der Waals surface area contributed by atoms with E-state index in [1.807, 2.05) is 31.2 Å².